The number of nitroso groups, excluding NO2 is 1. The topological polar surface area (TPSA) is 84.0 Å². The summed E-state index contributed by atoms with van der Waals surface area (Å²) in [6.07, 6.45) is 3.57. The molecular weight excluding hydrogens is 430 g/mol. The number of rotatable bonds is 5. The van der Waals surface area contributed by atoms with Gasteiger partial charge in [0.25, 0.3) is 5.69 Å². The first-order chi connectivity index (χ1) is 16.4. The Bertz CT molecular complexity index is 1250. The number of aromatic nitrogens is 1. The van der Waals surface area contributed by atoms with Crippen molar-refractivity contribution in [3.63, 3.8) is 0 Å². The van der Waals surface area contributed by atoms with Crippen molar-refractivity contribution in [1.29, 1.82) is 0 Å². The zero-order chi connectivity index (χ0) is 23.9. The highest BCUT2D eigenvalue weighted by atomic mass is 16.5. The van der Waals surface area contributed by atoms with Crippen molar-refractivity contribution < 1.29 is 19.3 Å². The second-order valence-corrected chi connectivity index (χ2v) is 9.57. The van der Waals surface area contributed by atoms with E-state index < -0.39 is 17.9 Å². The molecule has 3 atom stereocenters. The van der Waals surface area contributed by atoms with Crippen LogP contribution in [0.25, 0.3) is 10.8 Å². The second-order valence-electron chi connectivity index (χ2n) is 9.57. The summed E-state index contributed by atoms with van der Waals surface area (Å²) in [6, 6.07) is 14.1. The lowest BCUT2D eigenvalue weighted by molar-refractivity contribution is -0.520. The lowest BCUT2D eigenvalue weighted by atomic mass is 9.90. The summed E-state index contributed by atoms with van der Waals surface area (Å²) in [5.41, 5.74) is 3.94. The number of aliphatic imine (C=N–C) groups is 1. The van der Waals surface area contributed by atoms with E-state index in [4.69, 9.17) is 9.47 Å². The number of hydrogen-bond acceptors (Lipinski definition) is 6. The second kappa shape index (κ2) is 8.98. The molecule has 176 valence electrons. The molecule has 0 spiro atoms. The molecule has 3 heterocycles. The molecular formula is C27H30N3O4+. The zero-order valence-corrected chi connectivity index (χ0v) is 19.8. The fourth-order valence-corrected chi connectivity index (χ4v) is 4.86. The Morgan fingerprint density at radius 3 is 2.71 bits per heavy atom. The summed E-state index contributed by atoms with van der Waals surface area (Å²) in [7, 11) is 1.68. The van der Waals surface area contributed by atoms with E-state index in [0.29, 0.717) is 25.1 Å². The fraction of sp³-hybridized carbons (Fsp3) is 0.407. The molecule has 7 heteroatoms. The molecule has 2 aromatic carbocycles. The Balaban J connectivity index is 1.52. The van der Waals surface area contributed by atoms with E-state index in [1.165, 1.54) is 0 Å². The van der Waals surface area contributed by atoms with Crippen LogP contribution in [0.1, 0.15) is 42.7 Å². The van der Waals surface area contributed by atoms with Crippen LogP contribution in [0.5, 0.6) is 0 Å². The molecule has 1 N–H and O–H groups in total. The van der Waals surface area contributed by atoms with Crippen LogP contribution in [-0.2, 0) is 21.5 Å². The number of nitrogens with zero attached hydrogens (tertiary/aromatic N) is 3. The van der Waals surface area contributed by atoms with Crippen LogP contribution in [0.3, 0.4) is 0 Å². The molecule has 3 aromatic rings. The van der Waals surface area contributed by atoms with E-state index in [1.54, 1.807) is 13.3 Å². The van der Waals surface area contributed by atoms with Crippen LogP contribution in [0.4, 0.5) is 5.69 Å². The summed E-state index contributed by atoms with van der Waals surface area (Å²) >= 11 is 0. The summed E-state index contributed by atoms with van der Waals surface area (Å²) in [5.74, 6) is -0.258. The number of methoxy groups -OCH3 is 1. The van der Waals surface area contributed by atoms with Crippen molar-refractivity contribution in [2.24, 2.45) is 10.9 Å². The number of hydrogen-bond donors (Lipinski definition) is 1. The monoisotopic (exact) mass is 460 g/mol. The van der Waals surface area contributed by atoms with Crippen molar-refractivity contribution in [2.75, 3.05) is 20.3 Å². The summed E-state index contributed by atoms with van der Waals surface area (Å²) in [5, 5.41) is 12.5. The van der Waals surface area contributed by atoms with E-state index >= 15 is 0 Å². The molecule has 0 radical (unpaired) electrons. The number of aliphatic hydroxyl groups is 1. The van der Waals surface area contributed by atoms with Crippen LogP contribution in [0.2, 0.25) is 0 Å². The first-order valence-electron chi connectivity index (χ1n) is 11.7. The van der Waals surface area contributed by atoms with Crippen molar-refractivity contribution in [1.82, 2.24) is 4.98 Å². The predicted octanol–water partition coefficient (Wildman–Crippen LogP) is 4.27. The lowest BCUT2D eigenvalue weighted by Crippen LogP contribution is -2.43. The third kappa shape index (κ3) is 4.04. The van der Waals surface area contributed by atoms with Crippen molar-refractivity contribution >= 4 is 22.7 Å². The SMILES string of the molecule is COC(C)(C)c1ccc(Cc2cc3c(c4ccccc24)C=NC([C@@H]2CCOC[C@@H]2O)[N+]3=O)cn1. The number of fused-ring (bicyclic) bond motifs is 3. The van der Waals surface area contributed by atoms with Crippen molar-refractivity contribution in [2.45, 2.75) is 44.6 Å². The standard InChI is InChI=1S/C27H30N3O4/c1-27(2,33-3)25-9-8-17(14-28-25)12-18-13-23-22(20-7-5-4-6-19(18)20)15-29-26(30(23)32)21-10-11-34-16-24(21)31/h4-9,13-15,21,24,26,31H,10-12,16H2,1-3H3/q+1/t21-,24+,26?/m1/s1. The Morgan fingerprint density at radius 1 is 1.21 bits per heavy atom. The minimum atomic E-state index is -0.699. The molecule has 0 saturated carbocycles. The van der Waals surface area contributed by atoms with Gasteiger partial charge in [0.2, 0.25) is 0 Å². The Labute approximate surface area is 199 Å². The summed E-state index contributed by atoms with van der Waals surface area (Å²) < 4.78 is 11.9. The third-order valence-electron chi connectivity index (χ3n) is 7.09. The van der Waals surface area contributed by atoms with Crippen molar-refractivity contribution in [3.05, 3.63) is 76.0 Å². The van der Waals surface area contributed by atoms with Crippen LogP contribution >= 0.6 is 0 Å². The highest BCUT2D eigenvalue weighted by molar-refractivity contribution is 6.05. The van der Waals surface area contributed by atoms with Gasteiger partial charge in [-0.15, -0.1) is 0 Å². The first-order valence-corrected chi connectivity index (χ1v) is 11.7. The largest absolute Gasteiger partial charge is 0.390 e. The molecule has 1 fully saturated rings. The van der Waals surface area contributed by atoms with E-state index in [1.807, 2.05) is 50.4 Å². The molecule has 2 aliphatic rings. The zero-order valence-electron chi connectivity index (χ0n) is 19.8. The first kappa shape index (κ1) is 22.8. The summed E-state index contributed by atoms with van der Waals surface area (Å²) in [4.78, 5) is 22.7. The maximum atomic E-state index is 13.5. The quantitative estimate of drug-likeness (QED) is 0.575. The average molecular weight is 461 g/mol. The van der Waals surface area contributed by atoms with Crippen LogP contribution < -0.4 is 0 Å². The van der Waals surface area contributed by atoms with Gasteiger partial charge in [-0.05, 0) is 54.7 Å². The average Bonchev–Trinajstić information content (AvgIpc) is 2.86. The molecule has 5 rings (SSSR count). The lowest BCUT2D eigenvalue weighted by Gasteiger charge is -2.28. The minimum Gasteiger partial charge on any atom is -0.390 e. The highest BCUT2D eigenvalue weighted by Crippen LogP contribution is 2.37. The molecule has 0 amide bonds. The van der Waals surface area contributed by atoms with Gasteiger partial charge < -0.3 is 14.6 Å². The van der Waals surface area contributed by atoms with Gasteiger partial charge >= 0.3 is 6.17 Å². The minimum absolute atomic E-state index is 0.239. The van der Waals surface area contributed by atoms with Crippen molar-refractivity contribution in [3.8, 4) is 0 Å². The molecule has 1 aromatic heterocycles. The van der Waals surface area contributed by atoms with Gasteiger partial charge in [0, 0.05) is 37.1 Å². The van der Waals surface area contributed by atoms with Gasteiger partial charge in [0.15, 0.2) is 0 Å². The molecule has 0 bridgehead atoms. The Kier molecular flexibility index (Phi) is 6.02. The van der Waals surface area contributed by atoms with Crippen LogP contribution in [0, 0.1) is 10.8 Å². The van der Waals surface area contributed by atoms with E-state index in [0.717, 1.165) is 37.9 Å². The fourth-order valence-electron chi connectivity index (χ4n) is 4.86. The normalized spacial score (nSPS) is 22.7. The number of aliphatic hydroxyl groups excluding tert-OH is 1. The Morgan fingerprint density at radius 2 is 2.00 bits per heavy atom. The number of ether oxygens (including phenoxy) is 2. The highest BCUT2D eigenvalue weighted by Gasteiger charge is 2.44. The van der Waals surface area contributed by atoms with E-state index in [9.17, 15) is 10.0 Å². The number of benzene rings is 2. The molecule has 0 aliphatic carbocycles. The molecule has 7 nitrogen and oxygen atoms in total. The van der Waals surface area contributed by atoms with Gasteiger partial charge in [0.1, 0.15) is 5.60 Å². The van der Waals surface area contributed by atoms with Gasteiger partial charge in [-0.1, -0.05) is 30.3 Å². The predicted molar refractivity (Wildman–Crippen MR) is 131 cm³/mol. The van der Waals surface area contributed by atoms with Gasteiger partial charge in [-0.3, -0.25) is 4.98 Å². The molecule has 1 saturated heterocycles. The van der Waals surface area contributed by atoms with E-state index in [-0.39, 0.29) is 12.5 Å². The van der Waals surface area contributed by atoms with Gasteiger partial charge in [-0.2, -0.15) is 0 Å². The number of pyridine rings is 1. The third-order valence-corrected chi connectivity index (χ3v) is 7.09. The van der Waals surface area contributed by atoms with Gasteiger partial charge in [0.05, 0.1) is 34.6 Å². The molecule has 2 aliphatic heterocycles. The molecule has 1 unspecified atom stereocenters. The van der Waals surface area contributed by atoms with Crippen LogP contribution in [0.15, 0.2) is 53.7 Å². The summed E-state index contributed by atoms with van der Waals surface area (Å²) in [6.45, 7) is 4.74. The maximum Gasteiger partial charge on any atom is 0.305 e. The van der Waals surface area contributed by atoms with E-state index in [2.05, 4.69) is 22.1 Å². The van der Waals surface area contributed by atoms with Gasteiger partial charge in [-0.25, -0.2) is 4.99 Å². The smallest absolute Gasteiger partial charge is 0.305 e. The Hall–Kier alpha value is -3.00. The van der Waals surface area contributed by atoms with Crippen LogP contribution in [-0.4, -0.2) is 53.7 Å². The molecule has 34 heavy (non-hydrogen) atoms. The maximum absolute atomic E-state index is 13.5.